The first-order chi connectivity index (χ1) is 13.7. The monoisotopic (exact) mass is 406 g/mol. The second kappa shape index (κ2) is 10.1. The van der Waals surface area contributed by atoms with E-state index < -0.39 is 0 Å². The summed E-state index contributed by atoms with van der Waals surface area (Å²) in [5, 5.41) is 8.91. The van der Waals surface area contributed by atoms with E-state index in [1.165, 1.54) is 0 Å². The van der Waals surface area contributed by atoms with Crippen LogP contribution in [0.3, 0.4) is 0 Å². The molecule has 1 aliphatic rings. The molecule has 0 radical (unpaired) electrons. The number of piperazine rings is 1. The molecular formula is C19H23ClN4O4. The Morgan fingerprint density at radius 1 is 1.00 bits per heavy atom. The predicted octanol–water partition coefficient (Wildman–Crippen LogP) is 1.88. The van der Waals surface area contributed by atoms with Crippen LogP contribution in [-0.4, -0.2) is 74.1 Å². The molecule has 0 spiro atoms. The molecule has 9 heteroatoms. The second-order valence-corrected chi connectivity index (χ2v) is 6.62. The topological polar surface area (TPSA) is 77.0 Å². The molecule has 3 rings (SSSR count). The highest BCUT2D eigenvalue weighted by molar-refractivity contribution is 6.30. The Hall–Kier alpha value is -2.58. The fourth-order valence-electron chi connectivity index (χ4n) is 2.74. The molecule has 2 aromatic rings. The summed E-state index contributed by atoms with van der Waals surface area (Å²) in [7, 11) is 1.62. The summed E-state index contributed by atoms with van der Waals surface area (Å²) in [5.74, 6) is 1.82. The van der Waals surface area contributed by atoms with Crippen molar-refractivity contribution >= 4 is 23.3 Å². The lowest BCUT2D eigenvalue weighted by molar-refractivity contribution is -0.133. The highest BCUT2D eigenvalue weighted by Crippen LogP contribution is 2.17. The van der Waals surface area contributed by atoms with Gasteiger partial charge in [0.1, 0.15) is 12.4 Å². The number of carbonyl (C=O) groups excluding carboxylic acids is 1. The lowest BCUT2D eigenvalue weighted by atomic mass is 10.3. The van der Waals surface area contributed by atoms with Gasteiger partial charge in [-0.15, -0.1) is 10.2 Å². The third-order valence-electron chi connectivity index (χ3n) is 4.30. The van der Waals surface area contributed by atoms with Crippen molar-refractivity contribution in [3.63, 3.8) is 0 Å². The highest BCUT2D eigenvalue weighted by atomic mass is 35.5. The third-order valence-corrected chi connectivity index (χ3v) is 4.55. The number of hydrogen-bond acceptors (Lipinski definition) is 7. The van der Waals surface area contributed by atoms with E-state index in [2.05, 4.69) is 15.1 Å². The summed E-state index contributed by atoms with van der Waals surface area (Å²) in [6, 6.07) is 10.6. The number of carbonyl (C=O) groups is 1. The Kier molecular flexibility index (Phi) is 7.27. The van der Waals surface area contributed by atoms with E-state index in [0.29, 0.717) is 56.0 Å². The van der Waals surface area contributed by atoms with Gasteiger partial charge in [-0.2, -0.15) is 0 Å². The molecule has 0 unspecified atom stereocenters. The van der Waals surface area contributed by atoms with Crippen LogP contribution in [0.15, 0.2) is 36.4 Å². The standard InChI is InChI=1S/C19H23ClN4O4/c1-26-12-13-27-18-7-6-17(21-22-18)23-8-10-24(11-9-23)19(25)14-28-16-4-2-15(20)3-5-16/h2-7H,8-14H2,1H3. The quantitative estimate of drug-likeness (QED) is 0.619. The van der Waals surface area contributed by atoms with Crippen LogP contribution in [0, 0.1) is 0 Å². The largest absolute Gasteiger partial charge is 0.484 e. The average Bonchev–Trinajstić information content (AvgIpc) is 2.74. The van der Waals surface area contributed by atoms with Crippen LogP contribution in [0.1, 0.15) is 0 Å². The smallest absolute Gasteiger partial charge is 0.260 e. The fourth-order valence-corrected chi connectivity index (χ4v) is 2.87. The molecular weight excluding hydrogens is 384 g/mol. The molecule has 0 saturated carbocycles. The molecule has 0 aliphatic carbocycles. The number of methoxy groups -OCH3 is 1. The van der Waals surface area contributed by atoms with Gasteiger partial charge in [-0.05, 0) is 30.3 Å². The van der Waals surface area contributed by atoms with Gasteiger partial charge in [-0.1, -0.05) is 11.6 Å². The molecule has 8 nitrogen and oxygen atoms in total. The van der Waals surface area contributed by atoms with Gasteiger partial charge in [0.2, 0.25) is 5.88 Å². The van der Waals surface area contributed by atoms with Crippen LogP contribution in [-0.2, 0) is 9.53 Å². The molecule has 1 saturated heterocycles. The number of benzene rings is 1. The van der Waals surface area contributed by atoms with Gasteiger partial charge in [-0.3, -0.25) is 4.79 Å². The van der Waals surface area contributed by atoms with Gasteiger partial charge in [0.05, 0.1) is 6.61 Å². The number of amides is 1. The molecule has 2 heterocycles. The summed E-state index contributed by atoms with van der Waals surface area (Å²) in [5.41, 5.74) is 0. The number of hydrogen-bond donors (Lipinski definition) is 0. The first-order valence-electron chi connectivity index (χ1n) is 9.02. The van der Waals surface area contributed by atoms with Crippen molar-refractivity contribution in [2.24, 2.45) is 0 Å². The minimum Gasteiger partial charge on any atom is -0.484 e. The van der Waals surface area contributed by atoms with Crippen molar-refractivity contribution in [3.8, 4) is 11.6 Å². The van der Waals surface area contributed by atoms with Crippen LogP contribution >= 0.6 is 11.6 Å². The normalized spacial score (nSPS) is 14.1. The Labute approximate surface area is 168 Å². The summed E-state index contributed by atoms with van der Waals surface area (Å²) >= 11 is 5.84. The molecule has 150 valence electrons. The Morgan fingerprint density at radius 2 is 1.75 bits per heavy atom. The summed E-state index contributed by atoms with van der Waals surface area (Å²) in [6.07, 6.45) is 0. The summed E-state index contributed by atoms with van der Waals surface area (Å²) in [6.45, 7) is 3.53. The highest BCUT2D eigenvalue weighted by Gasteiger charge is 2.22. The third kappa shape index (κ3) is 5.71. The maximum atomic E-state index is 12.4. The van der Waals surface area contributed by atoms with Gasteiger partial charge in [0.15, 0.2) is 12.4 Å². The van der Waals surface area contributed by atoms with Crippen LogP contribution in [0.25, 0.3) is 0 Å². The second-order valence-electron chi connectivity index (χ2n) is 6.18. The number of nitrogens with zero attached hydrogens (tertiary/aromatic N) is 4. The Balaban J connectivity index is 1.43. The van der Waals surface area contributed by atoms with Gasteiger partial charge >= 0.3 is 0 Å². The zero-order chi connectivity index (χ0) is 19.8. The van der Waals surface area contributed by atoms with Crippen LogP contribution < -0.4 is 14.4 Å². The number of rotatable bonds is 8. The number of aromatic nitrogens is 2. The first kappa shape index (κ1) is 20.2. The number of halogens is 1. The molecule has 1 fully saturated rings. The molecule has 0 bridgehead atoms. The van der Waals surface area contributed by atoms with E-state index in [4.69, 9.17) is 25.8 Å². The molecule has 1 aromatic heterocycles. The Morgan fingerprint density at radius 3 is 2.39 bits per heavy atom. The predicted molar refractivity (Wildman–Crippen MR) is 105 cm³/mol. The van der Waals surface area contributed by atoms with Gasteiger partial charge in [0, 0.05) is 44.4 Å². The van der Waals surface area contributed by atoms with Crippen molar-refractivity contribution < 1.29 is 19.0 Å². The molecule has 28 heavy (non-hydrogen) atoms. The van der Waals surface area contributed by atoms with Crippen LogP contribution in [0.4, 0.5) is 5.82 Å². The minimum atomic E-state index is -0.0393. The van der Waals surface area contributed by atoms with Crippen molar-refractivity contribution in [1.82, 2.24) is 15.1 Å². The average molecular weight is 407 g/mol. The molecule has 1 aromatic carbocycles. The van der Waals surface area contributed by atoms with Crippen LogP contribution in [0.5, 0.6) is 11.6 Å². The van der Waals surface area contributed by atoms with E-state index in [9.17, 15) is 4.79 Å². The summed E-state index contributed by atoms with van der Waals surface area (Å²) < 4.78 is 15.9. The van der Waals surface area contributed by atoms with Crippen molar-refractivity contribution in [1.29, 1.82) is 0 Å². The number of ether oxygens (including phenoxy) is 3. The number of anilines is 1. The SMILES string of the molecule is COCCOc1ccc(N2CCN(C(=O)COc3ccc(Cl)cc3)CC2)nn1. The fraction of sp³-hybridized carbons (Fsp3) is 0.421. The first-order valence-corrected chi connectivity index (χ1v) is 9.40. The molecule has 1 aliphatic heterocycles. The zero-order valence-corrected chi connectivity index (χ0v) is 16.5. The minimum absolute atomic E-state index is 0.00888. The van der Waals surface area contributed by atoms with Gasteiger partial charge < -0.3 is 24.0 Å². The molecule has 0 atom stereocenters. The lowest BCUT2D eigenvalue weighted by Crippen LogP contribution is -2.50. The molecule has 0 N–H and O–H groups in total. The van der Waals surface area contributed by atoms with Crippen molar-refractivity contribution in [2.45, 2.75) is 0 Å². The Bertz CT molecular complexity index is 750. The molecule has 1 amide bonds. The van der Waals surface area contributed by atoms with Gasteiger partial charge in [0.25, 0.3) is 5.91 Å². The maximum absolute atomic E-state index is 12.4. The van der Waals surface area contributed by atoms with E-state index >= 15 is 0 Å². The summed E-state index contributed by atoms with van der Waals surface area (Å²) in [4.78, 5) is 16.2. The van der Waals surface area contributed by atoms with Crippen molar-refractivity contribution in [2.75, 3.05) is 58.0 Å². The van der Waals surface area contributed by atoms with E-state index in [-0.39, 0.29) is 12.5 Å². The van der Waals surface area contributed by atoms with E-state index in [1.54, 1.807) is 42.3 Å². The van der Waals surface area contributed by atoms with Gasteiger partial charge in [-0.25, -0.2) is 0 Å². The zero-order valence-electron chi connectivity index (χ0n) is 15.7. The van der Waals surface area contributed by atoms with E-state index in [0.717, 1.165) is 5.82 Å². The van der Waals surface area contributed by atoms with Crippen molar-refractivity contribution in [3.05, 3.63) is 41.4 Å². The maximum Gasteiger partial charge on any atom is 0.260 e. The lowest BCUT2D eigenvalue weighted by Gasteiger charge is -2.35. The van der Waals surface area contributed by atoms with Crippen LogP contribution in [0.2, 0.25) is 5.02 Å². The van der Waals surface area contributed by atoms with E-state index in [1.807, 2.05) is 6.07 Å².